The zero-order chi connectivity index (χ0) is 14.4. The molecule has 20 heavy (non-hydrogen) atoms. The number of benzene rings is 1. The van der Waals surface area contributed by atoms with E-state index in [1.807, 2.05) is 6.07 Å². The molecule has 1 aromatic rings. The quantitative estimate of drug-likeness (QED) is 0.385. The van der Waals surface area contributed by atoms with Gasteiger partial charge in [-0.1, -0.05) is 35.4 Å². The van der Waals surface area contributed by atoms with Gasteiger partial charge in [-0.05, 0) is 24.1 Å². The van der Waals surface area contributed by atoms with Gasteiger partial charge < -0.3 is 5.32 Å². The normalized spacial score (nSPS) is 23.0. The molecule has 1 saturated heterocycles. The van der Waals surface area contributed by atoms with Gasteiger partial charge in [-0.15, -0.1) is 0 Å². The number of rotatable bonds is 5. The molecule has 1 N–H and O–H groups in total. The van der Waals surface area contributed by atoms with Crippen molar-refractivity contribution in [1.29, 1.82) is 0 Å². The molecular weight excluding hydrogens is 280 g/mol. The Kier molecular flexibility index (Phi) is 4.97. The first-order valence-corrected chi connectivity index (χ1v) is 7.88. The summed E-state index contributed by atoms with van der Waals surface area (Å²) in [6.45, 7) is 1.04. The first-order valence-electron chi connectivity index (χ1n) is 6.30. The van der Waals surface area contributed by atoms with E-state index >= 15 is 0 Å². The lowest BCUT2D eigenvalue weighted by Crippen LogP contribution is -2.45. The Bertz CT molecular complexity index is 584. The highest BCUT2D eigenvalue weighted by Gasteiger charge is 2.29. The van der Waals surface area contributed by atoms with Crippen LogP contribution < -0.4 is 5.32 Å². The summed E-state index contributed by atoms with van der Waals surface area (Å²) in [6, 6.07) is 8.37. The van der Waals surface area contributed by atoms with Crippen LogP contribution in [-0.2, 0) is 20.1 Å². The molecule has 2 atom stereocenters. The third-order valence-corrected chi connectivity index (χ3v) is 4.28. The SMILES string of the molecule is [N-]=[N+]=N[C@@H]1CCNC[C@H]1OS(=O)(=O)Cc1ccccc1. The molecule has 108 valence electrons. The second kappa shape index (κ2) is 6.71. The maximum absolute atomic E-state index is 12.0. The van der Waals surface area contributed by atoms with Crippen molar-refractivity contribution in [2.75, 3.05) is 13.1 Å². The molecule has 1 aliphatic heterocycles. The van der Waals surface area contributed by atoms with Crippen molar-refractivity contribution in [3.05, 3.63) is 46.3 Å². The molecule has 0 radical (unpaired) electrons. The van der Waals surface area contributed by atoms with Gasteiger partial charge in [0.15, 0.2) is 0 Å². The zero-order valence-corrected chi connectivity index (χ0v) is 11.7. The summed E-state index contributed by atoms with van der Waals surface area (Å²) in [4.78, 5) is 2.75. The molecule has 1 aliphatic rings. The first kappa shape index (κ1) is 14.8. The Balaban J connectivity index is 2.05. The molecule has 0 aromatic heterocycles. The highest BCUT2D eigenvalue weighted by atomic mass is 32.2. The molecule has 0 aliphatic carbocycles. The van der Waals surface area contributed by atoms with Crippen molar-refractivity contribution in [3.63, 3.8) is 0 Å². The summed E-state index contributed by atoms with van der Waals surface area (Å²) in [5.41, 5.74) is 9.17. The maximum atomic E-state index is 12.0. The lowest BCUT2D eigenvalue weighted by atomic mass is 10.1. The standard InChI is InChI=1S/C12H16N4O3S/c13-16-15-11-6-7-14-8-12(11)19-20(17,18)9-10-4-2-1-3-5-10/h1-5,11-12,14H,6-9H2/t11-,12-/m1/s1. The van der Waals surface area contributed by atoms with Crippen LogP contribution in [0.3, 0.4) is 0 Å². The fourth-order valence-electron chi connectivity index (χ4n) is 2.11. The summed E-state index contributed by atoms with van der Waals surface area (Å²) in [5.74, 6) is -0.187. The van der Waals surface area contributed by atoms with E-state index in [2.05, 4.69) is 15.3 Å². The van der Waals surface area contributed by atoms with Crippen LogP contribution in [0.25, 0.3) is 10.4 Å². The van der Waals surface area contributed by atoms with Crippen LogP contribution in [0.15, 0.2) is 35.4 Å². The average molecular weight is 296 g/mol. The minimum atomic E-state index is -3.71. The van der Waals surface area contributed by atoms with Gasteiger partial charge in [0, 0.05) is 11.5 Å². The summed E-state index contributed by atoms with van der Waals surface area (Å²) < 4.78 is 29.3. The lowest BCUT2D eigenvalue weighted by Gasteiger charge is -2.28. The first-order chi connectivity index (χ1) is 9.61. The van der Waals surface area contributed by atoms with E-state index in [1.54, 1.807) is 24.3 Å². The molecule has 0 saturated carbocycles. The Morgan fingerprint density at radius 2 is 2.15 bits per heavy atom. The number of azide groups is 1. The van der Waals surface area contributed by atoms with Gasteiger partial charge in [0.1, 0.15) is 5.75 Å². The smallest absolute Gasteiger partial charge is 0.271 e. The van der Waals surface area contributed by atoms with E-state index in [9.17, 15) is 8.42 Å². The second-order valence-corrected chi connectivity index (χ2v) is 6.18. The van der Waals surface area contributed by atoms with Gasteiger partial charge in [-0.3, -0.25) is 4.18 Å². The fourth-order valence-corrected chi connectivity index (χ4v) is 3.36. The molecule has 8 heteroatoms. The molecule has 1 fully saturated rings. The van der Waals surface area contributed by atoms with E-state index in [-0.39, 0.29) is 5.75 Å². The van der Waals surface area contributed by atoms with E-state index in [0.717, 1.165) is 0 Å². The molecule has 0 unspecified atom stereocenters. The molecule has 1 aromatic carbocycles. The van der Waals surface area contributed by atoms with Gasteiger partial charge in [0.25, 0.3) is 10.1 Å². The van der Waals surface area contributed by atoms with E-state index in [4.69, 9.17) is 9.71 Å². The van der Waals surface area contributed by atoms with Gasteiger partial charge in [-0.25, -0.2) is 0 Å². The molecule has 0 bridgehead atoms. The van der Waals surface area contributed by atoms with Crippen LogP contribution in [0.4, 0.5) is 0 Å². The maximum Gasteiger partial charge on any atom is 0.271 e. The van der Waals surface area contributed by atoms with Crippen LogP contribution in [0, 0.1) is 0 Å². The Labute approximate surface area is 117 Å². The van der Waals surface area contributed by atoms with Crippen molar-refractivity contribution in [3.8, 4) is 0 Å². The fraction of sp³-hybridized carbons (Fsp3) is 0.500. The summed E-state index contributed by atoms with van der Waals surface area (Å²) in [5, 5.41) is 6.64. The topological polar surface area (TPSA) is 104 Å². The molecule has 1 heterocycles. The molecule has 7 nitrogen and oxygen atoms in total. The van der Waals surface area contributed by atoms with Gasteiger partial charge in [0.2, 0.25) is 0 Å². The van der Waals surface area contributed by atoms with Crippen LogP contribution in [0.2, 0.25) is 0 Å². The predicted molar refractivity (Wildman–Crippen MR) is 74.4 cm³/mol. The third-order valence-electron chi connectivity index (χ3n) is 3.05. The van der Waals surface area contributed by atoms with E-state index in [0.29, 0.717) is 25.1 Å². The molecule has 2 rings (SSSR count). The van der Waals surface area contributed by atoms with Gasteiger partial charge >= 0.3 is 0 Å². The second-order valence-electron chi connectivity index (χ2n) is 4.59. The lowest BCUT2D eigenvalue weighted by molar-refractivity contribution is 0.151. The average Bonchev–Trinajstić information content (AvgIpc) is 2.41. The molecule has 0 amide bonds. The van der Waals surface area contributed by atoms with Crippen LogP contribution in [0.5, 0.6) is 0 Å². The Morgan fingerprint density at radius 3 is 2.85 bits per heavy atom. The van der Waals surface area contributed by atoms with Gasteiger partial charge in [0.05, 0.1) is 12.1 Å². The summed E-state index contributed by atoms with van der Waals surface area (Å²) in [6.07, 6.45) is -0.0800. The van der Waals surface area contributed by atoms with Crippen molar-refractivity contribution in [2.24, 2.45) is 5.11 Å². The number of nitrogens with one attached hydrogen (secondary N) is 1. The largest absolute Gasteiger partial charge is 0.314 e. The van der Waals surface area contributed by atoms with Crippen LogP contribution in [0.1, 0.15) is 12.0 Å². The van der Waals surface area contributed by atoms with E-state index < -0.39 is 22.3 Å². The van der Waals surface area contributed by atoms with Crippen molar-refractivity contribution in [1.82, 2.24) is 5.32 Å². The highest BCUT2D eigenvalue weighted by molar-refractivity contribution is 7.85. The number of hydrogen-bond acceptors (Lipinski definition) is 5. The van der Waals surface area contributed by atoms with E-state index in [1.165, 1.54) is 0 Å². The minimum absolute atomic E-state index is 0.187. The summed E-state index contributed by atoms with van der Waals surface area (Å²) in [7, 11) is -3.71. The minimum Gasteiger partial charge on any atom is -0.314 e. The van der Waals surface area contributed by atoms with Crippen molar-refractivity contribution < 1.29 is 12.6 Å². The van der Waals surface area contributed by atoms with Crippen molar-refractivity contribution >= 4 is 10.1 Å². The van der Waals surface area contributed by atoms with Gasteiger partial charge in [-0.2, -0.15) is 8.42 Å². The third kappa shape index (κ3) is 4.21. The Morgan fingerprint density at radius 1 is 1.40 bits per heavy atom. The molecule has 0 spiro atoms. The van der Waals surface area contributed by atoms with Crippen LogP contribution >= 0.6 is 0 Å². The monoisotopic (exact) mass is 296 g/mol. The Hall–Kier alpha value is -1.60. The predicted octanol–water partition coefficient (Wildman–Crippen LogP) is 1.57. The number of piperidine rings is 1. The summed E-state index contributed by atoms with van der Waals surface area (Å²) >= 11 is 0. The number of nitrogens with zero attached hydrogens (tertiary/aromatic N) is 3. The molecular formula is C12H16N4O3S. The zero-order valence-electron chi connectivity index (χ0n) is 10.8. The number of hydrogen-bond donors (Lipinski definition) is 1. The van der Waals surface area contributed by atoms with Crippen LogP contribution in [-0.4, -0.2) is 33.7 Å². The van der Waals surface area contributed by atoms with Crippen molar-refractivity contribution in [2.45, 2.75) is 24.3 Å². The highest BCUT2D eigenvalue weighted by Crippen LogP contribution is 2.17.